The lowest BCUT2D eigenvalue weighted by molar-refractivity contribution is 0.628. The number of nitrogens with zero attached hydrogens (tertiary/aromatic N) is 1. The molecule has 0 bridgehead atoms. The zero-order chi connectivity index (χ0) is 21.0. The van der Waals surface area contributed by atoms with Crippen LogP contribution < -0.4 is 0 Å². The van der Waals surface area contributed by atoms with Crippen LogP contribution in [-0.2, 0) is 0 Å². The van der Waals surface area contributed by atoms with E-state index in [9.17, 15) is 4.39 Å². The van der Waals surface area contributed by atoms with Crippen LogP contribution in [0.3, 0.4) is 0 Å². The van der Waals surface area contributed by atoms with E-state index in [-0.39, 0.29) is 5.82 Å². The third-order valence-electron chi connectivity index (χ3n) is 5.44. The minimum absolute atomic E-state index is 0.217. The second kappa shape index (κ2) is 8.37. The van der Waals surface area contributed by atoms with Gasteiger partial charge < -0.3 is 0 Å². The summed E-state index contributed by atoms with van der Waals surface area (Å²) >= 11 is 0. The highest BCUT2D eigenvalue weighted by molar-refractivity contribution is 5.76. The summed E-state index contributed by atoms with van der Waals surface area (Å²) in [4.78, 5) is 4.42. The molecule has 0 N–H and O–H groups in total. The average Bonchev–Trinajstić information content (AvgIpc) is 2.85. The van der Waals surface area contributed by atoms with E-state index >= 15 is 0 Å². The van der Waals surface area contributed by atoms with Gasteiger partial charge in [-0.3, -0.25) is 4.98 Å². The maximum Gasteiger partial charge on any atom is 0.123 e. The molecule has 5 aromatic rings. The highest BCUT2D eigenvalue weighted by Gasteiger charge is 2.05. The summed E-state index contributed by atoms with van der Waals surface area (Å²) in [5, 5.41) is 0. The molecule has 1 aromatic heterocycles. The van der Waals surface area contributed by atoms with Crippen LogP contribution in [0.25, 0.3) is 44.6 Å². The van der Waals surface area contributed by atoms with Crippen LogP contribution in [-0.4, -0.2) is 4.98 Å². The molecule has 4 aromatic carbocycles. The number of hydrogen-bond acceptors (Lipinski definition) is 1. The summed E-state index contributed by atoms with van der Waals surface area (Å²) in [6.07, 6.45) is 1.81. The summed E-state index contributed by atoms with van der Waals surface area (Å²) in [6, 6.07) is 38.0. The number of rotatable bonds is 4. The van der Waals surface area contributed by atoms with Crippen molar-refractivity contribution in [1.29, 1.82) is 0 Å². The smallest absolute Gasteiger partial charge is 0.123 e. The van der Waals surface area contributed by atoms with Crippen molar-refractivity contribution in [1.82, 2.24) is 4.98 Å². The van der Waals surface area contributed by atoms with Gasteiger partial charge in [-0.1, -0.05) is 84.9 Å². The highest BCUT2D eigenvalue weighted by Crippen LogP contribution is 2.29. The first-order chi connectivity index (χ1) is 15.3. The Morgan fingerprint density at radius 3 is 1.42 bits per heavy atom. The molecule has 148 valence electrons. The monoisotopic (exact) mass is 401 g/mol. The molecule has 31 heavy (non-hydrogen) atoms. The molecule has 0 atom stereocenters. The molecule has 1 nitrogen and oxygen atoms in total. The first-order valence-corrected chi connectivity index (χ1v) is 10.2. The summed E-state index contributed by atoms with van der Waals surface area (Å²) in [5.41, 5.74) is 8.83. The van der Waals surface area contributed by atoms with Crippen molar-refractivity contribution in [2.75, 3.05) is 0 Å². The fourth-order valence-corrected chi connectivity index (χ4v) is 3.74. The van der Waals surface area contributed by atoms with Gasteiger partial charge in [0.25, 0.3) is 0 Å². The minimum Gasteiger partial charge on any atom is -0.256 e. The first-order valence-electron chi connectivity index (χ1n) is 10.2. The van der Waals surface area contributed by atoms with E-state index in [0.29, 0.717) is 0 Å². The average molecular weight is 401 g/mol. The van der Waals surface area contributed by atoms with E-state index in [1.165, 1.54) is 23.3 Å². The Kier molecular flexibility index (Phi) is 5.12. The zero-order valence-electron chi connectivity index (χ0n) is 16.9. The predicted molar refractivity (Wildman–Crippen MR) is 126 cm³/mol. The van der Waals surface area contributed by atoms with Crippen LogP contribution in [0.15, 0.2) is 121 Å². The standard InChI is InChI=1S/C29H20FN/c30-28-17-15-22(16-18-28)21-7-9-23(10-8-21)26-4-3-5-27(20-26)24-11-13-25(14-12-24)29-6-1-2-19-31-29/h1-20H. The summed E-state index contributed by atoms with van der Waals surface area (Å²) < 4.78 is 13.2. The number of halogens is 1. The molecule has 0 saturated heterocycles. The Bertz CT molecular complexity index is 1290. The lowest BCUT2D eigenvalue weighted by Gasteiger charge is -2.08. The van der Waals surface area contributed by atoms with Gasteiger partial charge in [-0.05, 0) is 63.7 Å². The predicted octanol–water partition coefficient (Wildman–Crippen LogP) is 7.89. The van der Waals surface area contributed by atoms with Gasteiger partial charge in [-0.15, -0.1) is 0 Å². The number of aromatic nitrogens is 1. The molecular weight excluding hydrogens is 381 g/mol. The quantitative estimate of drug-likeness (QED) is 0.298. The maximum absolute atomic E-state index is 13.2. The molecule has 0 aliphatic rings. The van der Waals surface area contributed by atoms with Gasteiger partial charge in [0.05, 0.1) is 5.69 Å². The first kappa shape index (κ1) is 19.0. The van der Waals surface area contributed by atoms with Crippen molar-refractivity contribution in [3.63, 3.8) is 0 Å². The van der Waals surface area contributed by atoms with Crippen molar-refractivity contribution in [2.24, 2.45) is 0 Å². The van der Waals surface area contributed by atoms with E-state index in [0.717, 1.165) is 33.5 Å². The summed E-state index contributed by atoms with van der Waals surface area (Å²) in [7, 11) is 0. The topological polar surface area (TPSA) is 12.9 Å². The van der Waals surface area contributed by atoms with Crippen LogP contribution in [0.2, 0.25) is 0 Å². The summed E-state index contributed by atoms with van der Waals surface area (Å²) in [5.74, 6) is -0.217. The lowest BCUT2D eigenvalue weighted by Crippen LogP contribution is -1.84. The third-order valence-corrected chi connectivity index (χ3v) is 5.44. The molecule has 0 radical (unpaired) electrons. The molecule has 0 spiro atoms. The van der Waals surface area contributed by atoms with E-state index in [2.05, 4.69) is 77.8 Å². The number of pyridine rings is 1. The second-order valence-corrected chi connectivity index (χ2v) is 7.46. The molecule has 1 heterocycles. The molecular formula is C29H20FN. The Balaban J connectivity index is 1.40. The van der Waals surface area contributed by atoms with E-state index in [1.54, 1.807) is 12.1 Å². The fraction of sp³-hybridized carbons (Fsp3) is 0. The van der Waals surface area contributed by atoms with Crippen molar-refractivity contribution in [3.05, 3.63) is 127 Å². The second-order valence-electron chi connectivity index (χ2n) is 7.46. The molecule has 0 saturated carbocycles. The van der Waals surface area contributed by atoms with Gasteiger partial charge in [0.1, 0.15) is 5.82 Å². The van der Waals surface area contributed by atoms with Gasteiger partial charge in [0.2, 0.25) is 0 Å². The molecule has 5 rings (SSSR count). The molecule has 2 heteroatoms. The number of benzene rings is 4. The van der Waals surface area contributed by atoms with Crippen molar-refractivity contribution >= 4 is 0 Å². The Labute approximate surface area is 181 Å². The van der Waals surface area contributed by atoms with Crippen LogP contribution >= 0.6 is 0 Å². The largest absolute Gasteiger partial charge is 0.256 e. The van der Waals surface area contributed by atoms with Crippen LogP contribution in [0.4, 0.5) is 4.39 Å². The Morgan fingerprint density at radius 1 is 0.419 bits per heavy atom. The third kappa shape index (κ3) is 4.15. The van der Waals surface area contributed by atoms with Crippen molar-refractivity contribution in [3.8, 4) is 44.6 Å². The van der Waals surface area contributed by atoms with Crippen molar-refractivity contribution in [2.45, 2.75) is 0 Å². The van der Waals surface area contributed by atoms with Gasteiger partial charge in [-0.2, -0.15) is 0 Å². The molecule has 0 aliphatic heterocycles. The fourth-order valence-electron chi connectivity index (χ4n) is 3.74. The Morgan fingerprint density at radius 2 is 0.903 bits per heavy atom. The van der Waals surface area contributed by atoms with Gasteiger partial charge in [0, 0.05) is 11.8 Å². The van der Waals surface area contributed by atoms with Crippen LogP contribution in [0, 0.1) is 5.82 Å². The van der Waals surface area contributed by atoms with Crippen LogP contribution in [0.1, 0.15) is 0 Å². The molecule has 0 fully saturated rings. The van der Waals surface area contributed by atoms with Gasteiger partial charge in [-0.25, -0.2) is 4.39 Å². The summed E-state index contributed by atoms with van der Waals surface area (Å²) in [6.45, 7) is 0. The molecule has 0 aliphatic carbocycles. The number of hydrogen-bond donors (Lipinski definition) is 0. The zero-order valence-corrected chi connectivity index (χ0v) is 16.9. The van der Waals surface area contributed by atoms with E-state index in [4.69, 9.17) is 0 Å². The Hall–Kier alpha value is -4.04. The lowest BCUT2D eigenvalue weighted by atomic mass is 9.96. The normalized spacial score (nSPS) is 10.7. The van der Waals surface area contributed by atoms with Gasteiger partial charge >= 0.3 is 0 Å². The molecule has 0 unspecified atom stereocenters. The van der Waals surface area contributed by atoms with Gasteiger partial charge in [0.15, 0.2) is 0 Å². The molecule has 0 amide bonds. The highest BCUT2D eigenvalue weighted by atomic mass is 19.1. The maximum atomic E-state index is 13.2. The van der Waals surface area contributed by atoms with E-state index < -0.39 is 0 Å². The SMILES string of the molecule is Fc1ccc(-c2ccc(-c3cccc(-c4ccc(-c5ccccn5)cc4)c3)cc2)cc1. The van der Waals surface area contributed by atoms with Crippen molar-refractivity contribution < 1.29 is 4.39 Å². The minimum atomic E-state index is -0.217. The van der Waals surface area contributed by atoms with E-state index in [1.807, 2.05) is 24.4 Å². The van der Waals surface area contributed by atoms with Crippen LogP contribution in [0.5, 0.6) is 0 Å².